The molecule has 1 saturated carbocycles. The van der Waals surface area contributed by atoms with Gasteiger partial charge >= 0.3 is 0 Å². The fourth-order valence-corrected chi connectivity index (χ4v) is 2.43. The molecular formula is C11H22N2. The van der Waals surface area contributed by atoms with Crippen LogP contribution in [0.2, 0.25) is 0 Å². The minimum Gasteiger partial charge on any atom is -0.316 e. The molecule has 0 aromatic carbocycles. The third-order valence-electron chi connectivity index (χ3n) is 3.81. The van der Waals surface area contributed by atoms with Gasteiger partial charge in [0.05, 0.1) is 0 Å². The second kappa shape index (κ2) is 3.97. The summed E-state index contributed by atoms with van der Waals surface area (Å²) in [5.74, 6) is 0.958. The number of piperidine rings is 1. The molecule has 1 heterocycles. The molecule has 2 heteroatoms. The van der Waals surface area contributed by atoms with Crippen molar-refractivity contribution in [2.75, 3.05) is 20.1 Å². The summed E-state index contributed by atoms with van der Waals surface area (Å²) in [5.41, 5.74) is 0.567. The highest BCUT2D eigenvalue weighted by atomic mass is 15.0. The van der Waals surface area contributed by atoms with Gasteiger partial charge in [0.25, 0.3) is 0 Å². The van der Waals surface area contributed by atoms with E-state index in [9.17, 15) is 0 Å². The molecule has 1 aliphatic heterocycles. The van der Waals surface area contributed by atoms with E-state index < -0.39 is 0 Å². The van der Waals surface area contributed by atoms with Crippen LogP contribution in [-0.2, 0) is 0 Å². The summed E-state index contributed by atoms with van der Waals surface area (Å²) in [4.78, 5) is 0. The van der Waals surface area contributed by atoms with Crippen molar-refractivity contribution < 1.29 is 0 Å². The SMILES string of the molecule is CNC1(CCC2CCCNC2)CC1. The lowest BCUT2D eigenvalue weighted by Crippen LogP contribution is -2.32. The first-order chi connectivity index (χ1) is 6.35. The maximum Gasteiger partial charge on any atom is 0.0180 e. The van der Waals surface area contributed by atoms with E-state index in [2.05, 4.69) is 17.7 Å². The van der Waals surface area contributed by atoms with Crippen LogP contribution in [0.25, 0.3) is 0 Å². The molecular weight excluding hydrogens is 160 g/mol. The van der Waals surface area contributed by atoms with Crippen molar-refractivity contribution in [3.05, 3.63) is 0 Å². The highest BCUT2D eigenvalue weighted by Crippen LogP contribution is 2.40. The quantitative estimate of drug-likeness (QED) is 0.689. The average Bonchev–Trinajstić information content (AvgIpc) is 2.97. The molecule has 2 fully saturated rings. The molecule has 1 unspecified atom stereocenters. The smallest absolute Gasteiger partial charge is 0.0180 e. The molecule has 0 amide bonds. The van der Waals surface area contributed by atoms with Crippen molar-refractivity contribution in [1.82, 2.24) is 10.6 Å². The van der Waals surface area contributed by atoms with Crippen molar-refractivity contribution in [3.63, 3.8) is 0 Å². The molecule has 0 aromatic rings. The molecule has 1 saturated heterocycles. The molecule has 76 valence electrons. The summed E-state index contributed by atoms with van der Waals surface area (Å²) in [6.07, 6.45) is 8.47. The summed E-state index contributed by atoms with van der Waals surface area (Å²) >= 11 is 0. The Bertz CT molecular complexity index is 157. The van der Waals surface area contributed by atoms with E-state index in [1.165, 1.54) is 51.6 Å². The highest BCUT2D eigenvalue weighted by molar-refractivity contribution is 5.00. The molecule has 0 radical (unpaired) electrons. The van der Waals surface area contributed by atoms with Crippen LogP contribution in [0.3, 0.4) is 0 Å². The van der Waals surface area contributed by atoms with Gasteiger partial charge < -0.3 is 10.6 Å². The summed E-state index contributed by atoms with van der Waals surface area (Å²) in [7, 11) is 2.12. The van der Waals surface area contributed by atoms with E-state index in [1.54, 1.807) is 0 Å². The van der Waals surface area contributed by atoms with Crippen molar-refractivity contribution in [2.24, 2.45) is 5.92 Å². The first kappa shape index (κ1) is 9.47. The maximum absolute atomic E-state index is 3.49. The molecule has 13 heavy (non-hydrogen) atoms. The second-order valence-corrected chi connectivity index (χ2v) is 4.78. The Morgan fingerprint density at radius 1 is 1.46 bits per heavy atom. The zero-order valence-electron chi connectivity index (χ0n) is 8.73. The predicted octanol–water partition coefficient (Wildman–Crippen LogP) is 1.52. The minimum atomic E-state index is 0.567. The molecule has 0 spiro atoms. The van der Waals surface area contributed by atoms with Crippen LogP contribution < -0.4 is 10.6 Å². The Morgan fingerprint density at radius 2 is 2.31 bits per heavy atom. The lowest BCUT2D eigenvalue weighted by atomic mass is 9.92. The average molecular weight is 182 g/mol. The van der Waals surface area contributed by atoms with Gasteiger partial charge in [0.15, 0.2) is 0 Å². The fraction of sp³-hybridized carbons (Fsp3) is 1.00. The largest absolute Gasteiger partial charge is 0.316 e. The van der Waals surface area contributed by atoms with Crippen molar-refractivity contribution in [1.29, 1.82) is 0 Å². The first-order valence-electron chi connectivity index (χ1n) is 5.74. The van der Waals surface area contributed by atoms with Gasteiger partial charge in [-0.2, -0.15) is 0 Å². The Morgan fingerprint density at radius 3 is 2.85 bits per heavy atom. The molecule has 1 atom stereocenters. The van der Waals surface area contributed by atoms with Gasteiger partial charge in [0.1, 0.15) is 0 Å². The van der Waals surface area contributed by atoms with Crippen LogP contribution in [-0.4, -0.2) is 25.7 Å². The Labute approximate surface area is 81.5 Å². The lowest BCUT2D eigenvalue weighted by molar-refractivity contribution is 0.327. The van der Waals surface area contributed by atoms with Gasteiger partial charge in [-0.1, -0.05) is 0 Å². The van der Waals surface area contributed by atoms with Crippen LogP contribution in [0.5, 0.6) is 0 Å². The standard InChI is InChI=1S/C11H22N2/c1-12-11(6-7-11)5-4-10-3-2-8-13-9-10/h10,12-13H,2-9H2,1H3. The van der Waals surface area contributed by atoms with Crippen molar-refractivity contribution in [3.8, 4) is 0 Å². The van der Waals surface area contributed by atoms with Gasteiger partial charge in [-0.05, 0) is 64.6 Å². The zero-order chi connectivity index (χ0) is 9.15. The summed E-state index contributed by atoms with van der Waals surface area (Å²) in [5, 5.41) is 6.96. The van der Waals surface area contributed by atoms with Crippen molar-refractivity contribution >= 4 is 0 Å². The summed E-state index contributed by atoms with van der Waals surface area (Å²) in [6, 6.07) is 0. The maximum atomic E-state index is 3.49. The van der Waals surface area contributed by atoms with E-state index >= 15 is 0 Å². The van der Waals surface area contributed by atoms with Gasteiger partial charge in [0, 0.05) is 5.54 Å². The Hall–Kier alpha value is -0.0800. The molecule has 2 aliphatic rings. The monoisotopic (exact) mass is 182 g/mol. The Kier molecular flexibility index (Phi) is 2.89. The molecule has 2 rings (SSSR count). The topological polar surface area (TPSA) is 24.1 Å². The third kappa shape index (κ3) is 2.44. The summed E-state index contributed by atoms with van der Waals surface area (Å²) < 4.78 is 0. The number of hydrogen-bond donors (Lipinski definition) is 2. The molecule has 1 aliphatic carbocycles. The van der Waals surface area contributed by atoms with Crippen molar-refractivity contribution in [2.45, 2.75) is 44.1 Å². The number of rotatable bonds is 4. The van der Waals surface area contributed by atoms with E-state index in [0.717, 1.165) is 5.92 Å². The number of hydrogen-bond acceptors (Lipinski definition) is 2. The van der Waals surface area contributed by atoms with Crippen LogP contribution in [0.4, 0.5) is 0 Å². The minimum absolute atomic E-state index is 0.567. The highest BCUT2D eigenvalue weighted by Gasteiger charge is 2.40. The van der Waals surface area contributed by atoms with Gasteiger partial charge in [-0.25, -0.2) is 0 Å². The first-order valence-corrected chi connectivity index (χ1v) is 5.74. The molecule has 0 bridgehead atoms. The molecule has 2 nitrogen and oxygen atoms in total. The Balaban J connectivity index is 1.66. The second-order valence-electron chi connectivity index (χ2n) is 4.78. The number of nitrogens with one attached hydrogen (secondary N) is 2. The van der Waals surface area contributed by atoms with Gasteiger partial charge in [0.2, 0.25) is 0 Å². The molecule has 0 aromatic heterocycles. The van der Waals surface area contributed by atoms with Gasteiger partial charge in [-0.3, -0.25) is 0 Å². The molecule has 2 N–H and O–H groups in total. The van der Waals surface area contributed by atoms with Crippen LogP contribution in [0.15, 0.2) is 0 Å². The third-order valence-corrected chi connectivity index (χ3v) is 3.81. The fourth-order valence-electron chi connectivity index (χ4n) is 2.43. The van der Waals surface area contributed by atoms with E-state index in [1.807, 2.05) is 0 Å². The van der Waals surface area contributed by atoms with Crippen LogP contribution in [0, 0.1) is 5.92 Å². The predicted molar refractivity (Wildman–Crippen MR) is 55.9 cm³/mol. The van der Waals surface area contributed by atoms with E-state index in [-0.39, 0.29) is 0 Å². The van der Waals surface area contributed by atoms with Crippen LogP contribution in [0.1, 0.15) is 38.5 Å². The van der Waals surface area contributed by atoms with Gasteiger partial charge in [-0.15, -0.1) is 0 Å². The zero-order valence-corrected chi connectivity index (χ0v) is 8.73. The normalized spacial score (nSPS) is 31.6. The summed E-state index contributed by atoms with van der Waals surface area (Å²) in [6.45, 7) is 2.51. The van der Waals surface area contributed by atoms with E-state index in [4.69, 9.17) is 0 Å². The van der Waals surface area contributed by atoms with Crippen LogP contribution >= 0.6 is 0 Å². The van der Waals surface area contributed by atoms with E-state index in [0.29, 0.717) is 5.54 Å². The lowest BCUT2D eigenvalue weighted by Gasteiger charge is -2.24.